The Morgan fingerprint density at radius 3 is 2.56 bits per heavy atom. The van der Waals surface area contributed by atoms with Gasteiger partial charge in [0.2, 0.25) is 0 Å². The van der Waals surface area contributed by atoms with E-state index in [9.17, 15) is 9.59 Å². The molecule has 142 valence electrons. The van der Waals surface area contributed by atoms with Crippen molar-refractivity contribution in [1.29, 1.82) is 0 Å². The van der Waals surface area contributed by atoms with Gasteiger partial charge < -0.3 is 14.2 Å². The summed E-state index contributed by atoms with van der Waals surface area (Å²) in [4.78, 5) is 28.4. The maximum Gasteiger partial charge on any atom is 0.356 e. The quantitative estimate of drug-likeness (QED) is 0.750. The SMILES string of the molecule is CC[C@H]1O[C@@H](c2ccnc(C(=O)OC)c2)[C@H](OC(=O)c2ccccc2)[C@@H]1C. The Morgan fingerprint density at radius 1 is 1.15 bits per heavy atom. The summed E-state index contributed by atoms with van der Waals surface area (Å²) in [7, 11) is 1.31. The summed E-state index contributed by atoms with van der Waals surface area (Å²) in [6.07, 6.45) is 1.36. The Morgan fingerprint density at radius 2 is 1.89 bits per heavy atom. The molecule has 27 heavy (non-hydrogen) atoms. The molecular formula is C21H23NO5. The number of methoxy groups -OCH3 is 1. The van der Waals surface area contributed by atoms with Crippen molar-refractivity contribution in [3.05, 3.63) is 65.5 Å². The molecule has 6 heteroatoms. The number of esters is 2. The van der Waals surface area contributed by atoms with E-state index in [0.717, 1.165) is 12.0 Å². The largest absolute Gasteiger partial charge is 0.464 e. The average Bonchev–Trinajstić information content (AvgIpc) is 3.03. The van der Waals surface area contributed by atoms with Crippen molar-refractivity contribution in [1.82, 2.24) is 4.98 Å². The number of carbonyl (C=O) groups excluding carboxylic acids is 2. The molecule has 1 aliphatic heterocycles. The molecule has 0 N–H and O–H groups in total. The molecule has 4 atom stereocenters. The monoisotopic (exact) mass is 369 g/mol. The summed E-state index contributed by atoms with van der Waals surface area (Å²) in [6.45, 7) is 4.05. The van der Waals surface area contributed by atoms with E-state index >= 15 is 0 Å². The van der Waals surface area contributed by atoms with Crippen LogP contribution >= 0.6 is 0 Å². The topological polar surface area (TPSA) is 74.7 Å². The minimum atomic E-state index is -0.521. The van der Waals surface area contributed by atoms with Gasteiger partial charge in [-0.15, -0.1) is 0 Å². The van der Waals surface area contributed by atoms with Crippen molar-refractivity contribution in [3.63, 3.8) is 0 Å². The van der Waals surface area contributed by atoms with Gasteiger partial charge in [0.25, 0.3) is 0 Å². The summed E-state index contributed by atoms with van der Waals surface area (Å²) >= 11 is 0. The zero-order valence-corrected chi connectivity index (χ0v) is 15.6. The molecule has 1 aromatic carbocycles. The number of rotatable bonds is 5. The molecular weight excluding hydrogens is 346 g/mol. The molecule has 2 aromatic rings. The van der Waals surface area contributed by atoms with Crippen LogP contribution in [-0.2, 0) is 14.2 Å². The zero-order valence-electron chi connectivity index (χ0n) is 15.6. The van der Waals surface area contributed by atoms with Gasteiger partial charge in [-0.2, -0.15) is 0 Å². The van der Waals surface area contributed by atoms with Crippen LogP contribution in [0.1, 0.15) is 52.8 Å². The number of hydrogen-bond acceptors (Lipinski definition) is 6. The first-order chi connectivity index (χ1) is 13.0. The summed E-state index contributed by atoms with van der Waals surface area (Å²) < 4.78 is 16.7. The highest BCUT2D eigenvalue weighted by Crippen LogP contribution is 2.40. The number of carbonyl (C=O) groups is 2. The lowest BCUT2D eigenvalue weighted by molar-refractivity contribution is -0.0137. The number of hydrogen-bond donors (Lipinski definition) is 0. The van der Waals surface area contributed by atoms with E-state index in [0.29, 0.717) is 5.56 Å². The van der Waals surface area contributed by atoms with Gasteiger partial charge in [0, 0.05) is 12.1 Å². The number of benzene rings is 1. The van der Waals surface area contributed by atoms with Crippen molar-refractivity contribution < 1.29 is 23.8 Å². The average molecular weight is 369 g/mol. The van der Waals surface area contributed by atoms with Crippen molar-refractivity contribution in [2.75, 3.05) is 7.11 Å². The van der Waals surface area contributed by atoms with Gasteiger partial charge in [-0.25, -0.2) is 14.6 Å². The molecule has 6 nitrogen and oxygen atoms in total. The molecule has 1 fully saturated rings. The first-order valence-electron chi connectivity index (χ1n) is 9.01. The molecule has 0 bridgehead atoms. The van der Waals surface area contributed by atoms with E-state index in [1.54, 1.807) is 36.4 Å². The number of ether oxygens (including phenoxy) is 3. The second kappa shape index (κ2) is 8.31. The molecule has 3 rings (SSSR count). The van der Waals surface area contributed by atoms with Crippen LogP contribution in [0, 0.1) is 5.92 Å². The first-order valence-corrected chi connectivity index (χ1v) is 9.01. The molecule has 0 radical (unpaired) electrons. The maximum absolute atomic E-state index is 12.6. The van der Waals surface area contributed by atoms with Crippen LogP contribution in [0.15, 0.2) is 48.7 Å². The van der Waals surface area contributed by atoms with Gasteiger partial charge in [-0.3, -0.25) is 0 Å². The third kappa shape index (κ3) is 4.01. The standard InChI is InChI=1S/C21H23NO5/c1-4-17-13(2)18(27-20(23)14-8-6-5-7-9-14)19(26-17)15-10-11-22-16(12-15)21(24)25-3/h5-13,17-19H,4H2,1-3H3/t13-,17-,18-,19+/m1/s1. The summed E-state index contributed by atoms with van der Waals surface area (Å²) in [5.41, 5.74) is 1.42. The molecule has 0 saturated carbocycles. The summed E-state index contributed by atoms with van der Waals surface area (Å²) in [5.74, 6) is -0.893. The minimum absolute atomic E-state index is 0.0161. The number of aromatic nitrogens is 1. The fraction of sp³-hybridized carbons (Fsp3) is 0.381. The third-order valence-corrected chi connectivity index (χ3v) is 4.89. The highest BCUT2D eigenvalue weighted by Gasteiger charge is 2.44. The van der Waals surface area contributed by atoms with E-state index in [4.69, 9.17) is 14.2 Å². The lowest BCUT2D eigenvalue weighted by Gasteiger charge is -2.22. The van der Waals surface area contributed by atoms with Crippen molar-refractivity contribution in [3.8, 4) is 0 Å². The fourth-order valence-corrected chi connectivity index (χ4v) is 3.39. The van der Waals surface area contributed by atoms with E-state index in [1.807, 2.05) is 19.9 Å². The molecule has 0 unspecified atom stereocenters. The Bertz CT molecular complexity index is 807. The Balaban J connectivity index is 1.88. The smallest absolute Gasteiger partial charge is 0.356 e. The molecule has 0 aliphatic carbocycles. The van der Waals surface area contributed by atoms with Crippen LogP contribution in [-0.4, -0.2) is 36.2 Å². The lowest BCUT2D eigenvalue weighted by Crippen LogP contribution is -2.28. The van der Waals surface area contributed by atoms with Crippen LogP contribution in [0.5, 0.6) is 0 Å². The minimum Gasteiger partial charge on any atom is -0.464 e. The van der Waals surface area contributed by atoms with Crippen LogP contribution in [0.4, 0.5) is 0 Å². The van der Waals surface area contributed by atoms with Crippen LogP contribution in [0.2, 0.25) is 0 Å². The van der Waals surface area contributed by atoms with E-state index in [2.05, 4.69) is 4.98 Å². The normalized spacial score (nSPS) is 24.4. The molecule has 1 aromatic heterocycles. The maximum atomic E-state index is 12.6. The Hall–Kier alpha value is -2.73. The van der Waals surface area contributed by atoms with Gasteiger partial charge in [0.1, 0.15) is 17.9 Å². The van der Waals surface area contributed by atoms with E-state index in [-0.39, 0.29) is 23.7 Å². The van der Waals surface area contributed by atoms with Crippen molar-refractivity contribution in [2.45, 2.75) is 38.6 Å². The fourth-order valence-electron chi connectivity index (χ4n) is 3.39. The third-order valence-electron chi connectivity index (χ3n) is 4.89. The van der Waals surface area contributed by atoms with Crippen LogP contribution in [0.3, 0.4) is 0 Å². The molecule has 0 spiro atoms. The second-order valence-corrected chi connectivity index (χ2v) is 6.56. The highest BCUT2D eigenvalue weighted by molar-refractivity contribution is 5.89. The van der Waals surface area contributed by atoms with E-state index in [1.165, 1.54) is 13.3 Å². The predicted molar refractivity (Wildman–Crippen MR) is 98.3 cm³/mol. The van der Waals surface area contributed by atoms with E-state index < -0.39 is 18.2 Å². The molecule has 1 saturated heterocycles. The van der Waals surface area contributed by atoms with Crippen LogP contribution < -0.4 is 0 Å². The summed E-state index contributed by atoms with van der Waals surface area (Å²) in [6, 6.07) is 12.3. The highest BCUT2D eigenvalue weighted by atomic mass is 16.6. The lowest BCUT2D eigenvalue weighted by atomic mass is 9.93. The Labute approximate surface area is 158 Å². The second-order valence-electron chi connectivity index (χ2n) is 6.56. The Kier molecular flexibility index (Phi) is 5.86. The van der Waals surface area contributed by atoms with Crippen LogP contribution in [0.25, 0.3) is 0 Å². The van der Waals surface area contributed by atoms with Crippen molar-refractivity contribution >= 4 is 11.9 Å². The molecule has 0 amide bonds. The van der Waals surface area contributed by atoms with Gasteiger partial charge in [0.05, 0.1) is 18.8 Å². The molecule has 2 heterocycles. The first kappa shape index (κ1) is 19.0. The predicted octanol–water partition coefficient (Wildman–Crippen LogP) is 3.58. The zero-order chi connectivity index (χ0) is 19.4. The van der Waals surface area contributed by atoms with Gasteiger partial charge >= 0.3 is 11.9 Å². The number of nitrogens with zero attached hydrogens (tertiary/aromatic N) is 1. The van der Waals surface area contributed by atoms with Gasteiger partial charge in [-0.1, -0.05) is 32.0 Å². The van der Waals surface area contributed by atoms with Gasteiger partial charge in [-0.05, 0) is 36.2 Å². The summed E-state index contributed by atoms with van der Waals surface area (Å²) in [5, 5.41) is 0. The number of pyridine rings is 1. The molecule has 1 aliphatic rings. The van der Waals surface area contributed by atoms with Crippen molar-refractivity contribution in [2.24, 2.45) is 5.92 Å². The van der Waals surface area contributed by atoms with Gasteiger partial charge in [0.15, 0.2) is 0 Å².